The van der Waals surface area contributed by atoms with E-state index in [2.05, 4.69) is 15.1 Å². The van der Waals surface area contributed by atoms with Crippen molar-refractivity contribution in [1.29, 1.82) is 0 Å². The van der Waals surface area contributed by atoms with E-state index in [1.807, 2.05) is 36.9 Å². The minimum absolute atomic E-state index is 0.305. The molecule has 0 saturated heterocycles. The summed E-state index contributed by atoms with van der Waals surface area (Å²) in [6, 6.07) is 6.96. The average molecular weight is 364 g/mol. The summed E-state index contributed by atoms with van der Waals surface area (Å²) in [5.74, 6) is -0.376. The maximum Gasteiger partial charge on any atom is 0.155 e. The molecule has 0 aromatic carbocycles. The van der Waals surface area contributed by atoms with Crippen LogP contribution in [0.3, 0.4) is 0 Å². The van der Waals surface area contributed by atoms with Crippen LogP contribution in [0.25, 0.3) is 28.2 Å². The first kappa shape index (κ1) is 16.1. The lowest BCUT2D eigenvalue weighted by atomic mass is 10.0. The molecule has 0 fully saturated rings. The normalized spacial score (nSPS) is 15.8. The zero-order valence-electron chi connectivity index (χ0n) is 14.9. The van der Waals surface area contributed by atoms with Gasteiger partial charge in [0.15, 0.2) is 5.65 Å². The predicted molar refractivity (Wildman–Crippen MR) is 96.3 cm³/mol. The smallest absolute Gasteiger partial charge is 0.155 e. The van der Waals surface area contributed by atoms with Crippen LogP contribution in [-0.2, 0) is 17.9 Å². The van der Waals surface area contributed by atoms with Gasteiger partial charge < -0.3 is 4.74 Å². The van der Waals surface area contributed by atoms with Gasteiger partial charge in [0.25, 0.3) is 0 Å². The van der Waals surface area contributed by atoms with Gasteiger partial charge in [-0.1, -0.05) is 0 Å². The highest BCUT2D eigenvalue weighted by atomic mass is 19.1. The summed E-state index contributed by atoms with van der Waals surface area (Å²) < 4.78 is 23.1. The topological polar surface area (TPSA) is 70.1 Å². The van der Waals surface area contributed by atoms with Crippen LogP contribution in [0, 0.1) is 5.82 Å². The maximum absolute atomic E-state index is 13.4. The van der Waals surface area contributed by atoms with Crippen LogP contribution in [0.1, 0.15) is 19.5 Å². The van der Waals surface area contributed by atoms with Crippen molar-refractivity contribution >= 4 is 5.65 Å². The lowest BCUT2D eigenvalue weighted by Gasteiger charge is -2.31. The predicted octanol–water partition coefficient (Wildman–Crippen LogP) is 3.10. The van der Waals surface area contributed by atoms with Crippen molar-refractivity contribution in [3.63, 3.8) is 0 Å². The molecule has 27 heavy (non-hydrogen) atoms. The van der Waals surface area contributed by atoms with Gasteiger partial charge in [0.05, 0.1) is 36.3 Å². The monoisotopic (exact) mass is 364 g/mol. The summed E-state index contributed by atoms with van der Waals surface area (Å²) in [5, 5.41) is 8.94. The zero-order valence-corrected chi connectivity index (χ0v) is 14.9. The molecule has 0 N–H and O–H groups in total. The van der Waals surface area contributed by atoms with E-state index in [-0.39, 0.29) is 11.4 Å². The molecular weight excluding hydrogens is 347 g/mol. The lowest BCUT2D eigenvalue weighted by molar-refractivity contribution is -0.0657. The summed E-state index contributed by atoms with van der Waals surface area (Å²) in [7, 11) is 0. The highest BCUT2D eigenvalue weighted by Crippen LogP contribution is 2.37. The van der Waals surface area contributed by atoms with Crippen molar-refractivity contribution in [2.45, 2.75) is 32.6 Å². The molecule has 0 atom stereocenters. The number of aromatic nitrogens is 6. The summed E-state index contributed by atoms with van der Waals surface area (Å²) in [6.45, 7) is 5.14. The number of nitrogens with zero attached hydrogens (tertiary/aromatic N) is 6. The van der Waals surface area contributed by atoms with Gasteiger partial charge in [0.1, 0.15) is 17.8 Å². The van der Waals surface area contributed by atoms with Crippen LogP contribution in [0.4, 0.5) is 4.39 Å². The van der Waals surface area contributed by atoms with Gasteiger partial charge in [-0.15, -0.1) is 0 Å². The summed E-state index contributed by atoms with van der Waals surface area (Å²) in [6.07, 6.45) is 4.58. The molecule has 4 aromatic heterocycles. The third-order valence-corrected chi connectivity index (χ3v) is 4.73. The van der Waals surface area contributed by atoms with Gasteiger partial charge in [-0.05, 0) is 43.7 Å². The fourth-order valence-corrected chi connectivity index (χ4v) is 3.41. The molecule has 0 bridgehead atoms. The van der Waals surface area contributed by atoms with E-state index in [0.29, 0.717) is 24.5 Å². The molecule has 0 aliphatic carbocycles. The van der Waals surface area contributed by atoms with Crippen LogP contribution in [-0.4, -0.2) is 35.0 Å². The summed E-state index contributed by atoms with van der Waals surface area (Å²) in [4.78, 5) is 8.51. The van der Waals surface area contributed by atoms with Crippen molar-refractivity contribution in [2.75, 3.05) is 0 Å². The molecule has 0 radical (unpaired) electrons. The Balaban J connectivity index is 1.74. The number of fused-ring (bicyclic) bond motifs is 2. The maximum atomic E-state index is 13.4. The van der Waals surface area contributed by atoms with Gasteiger partial charge in [0, 0.05) is 11.8 Å². The Labute approximate surface area is 154 Å². The Bertz CT molecular complexity index is 1140. The molecule has 136 valence electrons. The molecule has 4 aromatic rings. The first-order valence-electron chi connectivity index (χ1n) is 8.65. The van der Waals surface area contributed by atoms with Gasteiger partial charge in [-0.2, -0.15) is 10.2 Å². The zero-order chi connectivity index (χ0) is 18.6. The number of hydrogen-bond acceptors (Lipinski definition) is 5. The second-order valence-corrected chi connectivity index (χ2v) is 7.22. The first-order chi connectivity index (χ1) is 13.0. The van der Waals surface area contributed by atoms with Crippen LogP contribution < -0.4 is 0 Å². The molecule has 0 saturated carbocycles. The van der Waals surface area contributed by atoms with E-state index >= 15 is 0 Å². The van der Waals surface area contributed by atoms with Crippen LogP contribution in [0.2, 0.25) is 0 Å². The Morgan fingerprint density at radius 2 is 2.07 bits per heavy atom. The Morgan fingerprint density at radius 3 is 2.89 bits per heavy atom. The van der Waals surface area contributed by atoms with Crippen molar-refractivity contribution in [3.05, 3.63) is 54.5 Å². The largest absolute Gasteiger partial charge is 0.367 e. The molecule has 1 aliphatic heterocycles. The number of ether oxygens (including phenoxy) is 1. The second kappa shape index (κ2) is 5.68. The fourth-order valence-electron chi connectivity index (χ4n) is 3.41. The number of pyridine rings is 2. The number of rotatable bonds is 2. The third-order valence-electron chi connectivity index (χ3n) is 4.73. The average Bonchev–Trinajstić information content (AvgIpc) is 3.24. The molecule has 1 aliphatic rings. The first-order valence-corrected chi connectivity index (χ1v) is 8.65. The van der Waals surface area contributed by atoms with Crippen molar-refractivity contribution < 1.29 is 9.13 Å². The van der Waals surface area contributed by atoms with Gasteiger partial charge in [-0.25, -0.2) is 13.9 Å². The van der Waals surface area contributed by atoms with Crippen LogP contribution in [0.15, 0.2) is 43.0 Å². The van der Waals surface area contributed by atoms with E-state index in [0.717, 1.165) is 22.5 Å². The summed E-state index contributed by atoms with van der Waals surface area (Å²) in [5.41, 5.74) is 4.60. The fraction of sp³-hybridized carbons (Fsp3) is 0.263. The minimum atomic E-state index is -0.376. The molecule has 0 unspecified atom stereocenters. The quantitative estimate of drug-likeness (QED) is 0.547. The van der Waals surface area contributed by atoms with Gasteiger partial charge in [0.2, 0.25) is 0 Å². The highest BCUT2D eigenvalue weighted by molar-refractivity contribution is 5.82. The van der Waals surface area contributed by atoms with Crippen LogP contribution in [0.5, 0.6) is 0 Å². The third kappa shape index (κ3) is 2.69. The van der Waals surface area contributed by atoms with Gasteiger partial charge >= 0.3 is 0 Å². The number of halogens is 1. The SMILES string of the molecule is CC1(C)Cn2nc(-c3ccc(F)cn3)c(-c3ccn4ncnc4c3)c2CO1. The van der Waals surface area contributed by atoms with E-state index in [4.69, 9.17) is 9.84 Å². The van der Waals surface area contributed by atoms with E-state index in [9.17, 15) is 4.39 Å². The van der Waals surface area contributed by atoms with E-state index < -0.39 is 0 Å². The molecule has 8 heteroatoms. The van der Waals surface area contributed by atoms with E-state index in [1.54, 1.807) is 10.6 Å². The molecular formula is C19H17FN6O. The Hall–Kier alpha value is -3.13. The standard InChI is InChI=1S/C19H17FN6O/c1-19(2)10-26-15(9-27-19)17(12-5-6-25-16(7-12)22-11-23-25)18(24-26)14-4-3-13(20)8-21-14/h3-8,11H,9-10H2,1-2H3. The van der Waals surface area contributed by atoms with Crippen molar-refractivity contribution in [1.82, 2.24) is 29.4 Å². The van der Waals surface area contributed by atoms with E-state index in [1.165, 1.54) is 18.6 Å². The number of hydrogen-bond donors (Lipinski definition) is 0. The van der Waals surface area contributed by atoms with Crippen molar-refractivity contribution in [3.8, 4) is 22.5 Å². The lowest BCUT2D eigenvalue weighted by Crippen LogP contribution is -2.36. The summed E-state index contributed by atoms with van der Waals surface area (Å²) >= 11 is 0. The van der Waals surface area contributed by atoms with Gasteiger partial charge in [-0.3, -0.25) is 9.67 Å². The Morgan fingerprint density at radius 1 is 1.19 bits per heavy atom. The Kier molecular flexibility index (Phi) is 3.38. The minimum Gasteiger partial charge on any atom is -0.367 e. The molecule has 0 spiro atoms. The molecule has 0 amide bonds. The second-order valence-electron chi connectivity index (χ2n) is 7.22. The molecule has 5 rings (SSSR count). The molecule has 7 nitrogen and oxygen atoms in total. The van der Waals surface area contributed by atoms with Crippen molar-refractivity contribution in [2.24, 2.45) is 0 Å². The van der Waals surface area contributed by atoms with Crippen LogP contribution >= 0.6 is 0 Å². The molecule has 5 heterocycles. The highest BCUT2D eigenvalue weighted by Gasteiger charge is 2.31.